The summed E-state index contributed by atoms with van der Waals surface area (Å²) >= 11 is 4.51. The number of carboxylic acids is 2. The lowest BCUT2D eigenvalue weighted by Gasteiger charge is -2.19. The number of aryl methyl sites for hydroxylation is 4. The van der Waals surface area contributed by atoms with Crippen molar-refractivity contribution in [1.29, 1.82) is 0 Å². The number of hydrogen-bond acceptors (Lipinski definition) is 11. The van der Waals surface area contributed by atoms with Crippen LogP contribution in [0, 0.1) is 0 Å². The van der Waals surface area contributed by atoms with Gasteiger partial charge >= 0.3 is 11.9 Å². The highest BCUT2D eigenvalue weighted by molar-refractivity contribution is 7.17. The van der Waals surface area contributed by atoms with Crippen LogP contribution in [0.25, 0.3) is 0 Å². The van der Waals surface area contributed by atoms with E-state index in [1.807, 2.05) is 98.8 Å². The normalized spacial score (nSPS) is 13.9. The van der Waals surface area contributed by atoms with E-state index >= 15 is 0 Å². The Morgan fingerprint density at radius 3 is 1.44 bits per heavy atom. The monoisotopic (exact) mass is 1150 g/mol. The van der Waals surface area contributed by atoms with Crippen LogP contribution in [0.4, 0.5) is 15.0 Å². The summed E-state index contributed by atoms with van der Waals surface area (Å²) in [7, 11) is 0. The van der Waals surface area contributed by atoms with E-state index in [1.165, 1.54) is 45.9 Å². The molecule has 0 spiro atoms. The van der Waals surface area contributed by atoms with Gasteiger partial charge in [-0.3, -0.25) is 28.8 Å². The van der Waals surface area contributed by atoms with Crippen LogP contribution >= 0.6 is 34.0 Å². The second kappa shape index (κ2) is 29.8. The van der Waals surface area contributed by atoms with Crippen molar-refractivity contribution >= 4 is 90.2 Å². The minimum atomic E-state index is -1.04. The van der Waals surface area contributed by atoms with Gasteiger partial charge < -0.3 is 31.9 Å². The molecule has 7 aromatic rings. The fourth-order valence-corrected chi connectivity index (χ4v) is 14.0. The number of amides is 3. The van der Waals surface area contributed by atoms with Crippen LogP contribution in [-0.4, -0.2) is 51.4 Å². The number of rotatable bonds is 14. The fourth-order valence-electron chi connectivity index (χ4n) is 10.2. The van der Waals surface area contributed by atoms with Gasteiger partial charge in [-0.15, -0.1) is 34.0 Å². The molecule has 0 saturated carbocycles. The van der Waals surface area contributed by atoms with E-state index < -0.39 is 29.8 Å². The number of nitrogens with two attached hydrogens (primary N) is 1. The quantitative estimate of drug-likeness (QED) is 0.0565. The van der Waals surface area contributed by atoms with E-state index in [2.05, 4.69) is 16.0 Å². The highest BCUT2D eigenvalue weighted by Gasteiger charge is 2.31. The molecule has 0 aliphatic heterocycles. The summed E-state index contributed by atoms with van der Waals surface area (Å²) in [5.74, 6) is -3.19. The van der Waals surface area contributed by atoms with Crippen molar-refractivity contribution in [3.05, 3.63) is 191 Å². The van der Waals surface area contributed by atoms with Crippen LogP contribution in [0.1, 0.15) is 193 Å². The molecule has 3 heterocycles. The number of aromatic carboxylic acids is 1. The van der Waals surface area contributed by atoms with E-state index in [4.69, 9.17) is 10.8 Å². The van der Waals surface area contributed by atoms with Gasteiger partial charge in [-0.1, -0.05) is 117 Å². The number of carboxylic acid groups (broad SMARTS) is 2. The standard InChI is InChI=1S/C26H26N2O4S.C19H21NO2S.C10H13NOS.C9H10O2.CH4/c1-2-16-9-8-12-18(15-16)23(29)27-22(17-10-4-3-5-11-17)24(30)28-25-21(26(31)32)19-13-6-7-14-20(19)33-25;1-12(14-8-4-3-5-9-14)18(22)20-19-17(13(2)21)15-10-6-7-11-16(15)23-19;1-6(12)9-7-4-2-3-5-8(7)13-10(9)11;1-7(9(10)11)8-5-3-2-4-6-8;/h3-5,8-12,15,22H,2,6-7,13-14H2,1H3,(H,27,29)(H,28,30)(H,31,32);3-5,8-9,12H,6-7,10-11H2,1-2H3,(H,20,22);2-5,11H2,1H3;2-7H,1H3,(H,10,11);1H4. The number of fused-ring (bicyclic) bond motifs is 3. The second-order valence-electron chi connectivity index (χ2n) is 20.2. The number of carbonyl (C=O) groups is 7. The smallest absolute Gasteiger partial charge is 0.339 e. The van der Waals surface area contributed by atoms with E-state index in [0.717, 1.165) is 112 Å². The van der Waals surface area contributed by atoms with Crippen molar-refractivity contribution in [2.24, 2.45) is 0 Å². The number of nitrogens with one attached hydrogen (secondary N) is 3. The van der Waals surface area contributed by atoms with Crippen LogP contribution < -0.4 is 21.7 Å². The topological polar surface area (TPSA) is 222 Å². The molecule has 13 nitrogen and oxygen atoms in total. The van der Waals surface area contributed by atoms with Crippen LogP contribution in [0.15, 0.2) is 115 Å². The molecule has 3 amide bonds. The van der Waals surface area contributed by atoms with E-state index in [0.29, 0.717) is 22.5 Å². The molecule has 3 aromatic heterocycles. The average Bonchev–Trinajstić information content (AvgIpc) is 4.27. The Bertz CT molecular complexity index is 3330. The minimum absolute atomic E-state index is 0. The maximum Gasteiger partial charge on any atom is 0.339 e. The molecule has 4 aromatic carbocycles. The maximum atomic E-state index is 13.4. The lowest BCUT2D eigenvalue weighted by molar-refractivity contribution is -0.138. The lowest BCUT2D eigenvalue weighted by atomic mass is 9.94. The van der Waals surface area contributed by atoms with Crippen molar-refractivity contribution in [3.63, 3.8) is 0 Å². The number of benzene rings is 4. The molecule has 0 radical (unpaired) electrons. The molecule has 0 bridgehead atoms. The summed E-state index contributed by atoms with van der Waals surface area (Å²) in [6.45, 7) is 8.78. The van der Waals surface area contributed by atoms with Crippen molar-refractivity contribution in [2.75, 3.05) is 16.4 Å². The predicted octanol–water partition coefficient (Wildman–Crippen LogP) is 14.5. The third-order valence-corrected chi connectivity index (χ3v) is 18.1. The number of thiophene rings is 3. The molecule has 7 N–H and O–H groups in total. The van der Waals surface area contributed by atoms with Crippen LogP contribution in [-0.2, 0) is 59.3 Å². The SMILES string of the molecule is C.CC(=O)c1c(N)sc2c1CCCC2.CC(=O)c1c(NC(=O)C(C)c2ccccc2)sc2c1CCCC2.CC(C(=O)O)c1ccccc1.CCc1cccc(C(=O)NC(C(=O)Nc2sc3c(c2C(=O)O)CCCC3)c2ccccc2)c1. The Labute approximate surface area is 487 Å². The Hall–Kier alpha value is -7.53. The molecule has 3 unspecified atom stereocenters. The Morgan fingerprint density at radius 2 is 0.963 bits per heavy atom. The molecule has 0 fully saturated rings. The number of ketones is 2. The maximum absolute atomic E-state index is 13.4. The van der Waals surface area contributed by atoms with Gasteiger partial charge in [0.2, 0.25) is 5.91 Å². The van der Waals surface area contributed by atoms with Crippen LogP contribution in [0.2, 0.25) is 0 Å². The third kappa shape index (κ3) is 16.1. The molecule has 426 valence electrons. The Balaban J connectivity index is 0.000000190. The fraction of sp³-hybridized carbons (Fsp3) is 0.338. The molecule has 81 heavy (non-hydrogen) atoms. The van der Waals surface area contributed by atoms with Gasteiger partial charge in [0, 0.05) is 20.2 Å². The van der Waals surface area contributed by atoms with Crippen molar-refractivity contribution in [1.82, 2.24) is 5.32 Å². The van der Waals surface area contributed by atoms with E-state index in [1.54, 1.807) is 73.8 Å². The second-order valence-corrected chi connectivity index (χ2v) is 23.5. The summed E-state index contributed by atoms with van der Waals surface area (Å²) in [5.41, 5.74) is 14.7. The number of hydrogen-bond donors (Lipinski definition) is 6. The number of aliphatic carboxylic acids is 1. The highest BCUT2D eigenvalue weighted by atomic mass is 32.1. The Kier molecular flexibility index (Phi) is 23.0. The van der Waals surface area contributed by atoms with E-state index in [-0.39, 0.29) is 42.3 Å². The molecule has 3 atom stereocenters. The van der Waals surface area contributed by atoms with Crippen molar-refractivity contribution in [3.8, 4) is 0 Å². The molecule has 3 aliphatic rings. The summed E-state index contributed by atoms with van der Waals surface area (Å²) in [5, 5.41) is 28.9. The Morgan fingerprint density at radius 1 is 0.531 bits per heavy atom. The number of carbonyl (C=O) groups excluding carboxylic acids is 5. The van der Waals surface area contributed by atoms with Gasteiger partial charge in [-0.2, -0.15) is 0 Å². The molecule has 0 saturated heterocycles. The van der Waals surface area contributed by atoms with Crippen molar-refractivity contribution < 1.29 is 43.8 Å². The van der Waals surface area contributed by atoms with Gasteiger partial charge in [0.1, 0.15) is 16.0 Å². The van der Waals surface area contributed by atoms with Gasteiger partial charge in [0.25, 0.3) is 11.8 Å². The molecule has 3 aliphatic carbocycles. The first kappa shape index (κ1) is 62.7. The third-order valence-electron chi connectivity index (χ3n) is 14.6. The van der Waals surface area contributed by atoms with Gasteiger partial charge in [-0.25, -0.2) is 4.79 Å². The summed E-state index contributed by atoms with van der Waals surface area (Å²) in [6.07, 6.45) is 13.1. The zero-order chi connectivity index (χ0) is 57.5. The number of nitrogen functional groups attached to an aromatic ring is 1. The minimum Gasteiger partial charge on any atom is -0.481 e. The van der Waals surface area contributed by atoms with Gasteiger partial charge in [-0.05, 0) is 162 Å². The highest BCUT2D eigenvalue weighted by Crippen LogP contribution is 2.41. The van der Waals surface area contributed by atoms with Gasteiger partial charge in [0.05, 0.1) is 33.5 Å². The first-order valence-corrected chi connectivity index (χ1v) is 29.7. The summed E-state index contributed by atoms with van der Waals surface area (Å²) < 4.78 is 0. The van der Waals surface area contributed by atoms with Gasteiger partial charge in [0.15, 0.2) is 11.6 Å². The zero-order valence-electron chi connectivity index (χ0n) is 45.9. The first-order chi connectivity index (χ1) is 38.5. The lowest BCUT2D eigenvalue weighted by Crippen LogP contribution is -2.37. The summed E-state index contributed by atoms with van der Waals surface area (Å²) in [4.78, 5) is 88.5. The molecule has 10 rings (SSSR count). The first-order valence-electron chi connectivity index (χ1n) is 27.3. The molecule has 16 heteroatoms. The average molecular weight is 1150 g/mol. The van der Waals surface area contributed by atoms with Crippen molar-refractivity contribution in [2.45, 2.75) is 143 Å². The predicted molar refractivity (Wildman–Crippen MR) is 328 cm³/mol. The largest absolute Gasteiger partial charge is 0.481 e. The number of anilines is 3. The van der Waals surface area contributed by atoms with E-state index in [9.17, 15) is 38.7 Å². The van der Waals surface area contributed by atoms with Crippen LogP contribution in [0.3, 0.4) is 0 Å². The van der Waals surface area contributed by atoms with Crippen LogP contribution in [0.5, 0.6) is 0 Å². The molecular formula is C65H74N4O9S3. The number of Topliss-reactive ketones (excluding diaryl/α,β-unsaturated/α-hetero) is 2. The zero-order valence-corrected chi connectivity index (χ0v) is 48.4. The molecular weight excluding hydrogens is 1080 g/mol. The summed E-state index contributed by atoms with van der Waals surface area (Å²) in [6, 6.07) is 34.2.